The highest BCUT2D eigenvalue weighted by molar-refractivity contribution is 5.99. The predicted molar refractivity (Wildman–Crippen MR) is 69.5 cm³/mol. The maximum Gasteiger partial charge on any atom is 0.249 e. The molecule has 0 atom stereocenters. The minimum absolute atomic E-state index is 0.281. The van der Waals surface area contributed by atoms with Gasteiger partial charge in [0.25, 0.3) is 0 Å². The zero-order valence-corrected chi connectivity index (χ0v) is 10.2. The van der Waals surface area contributed by atoms with Crippen molar-refractivity contribution in [2.45, 2.75) is 6.92 Å². The average molecular weight is 253 g/mol. The fraction of sp³-hybridized carbons (Fsp3) is 0.0769. The Kier molecular flexibility index (Phi) is 3.69. The summed E-state index contributed by atoms with van der Waals surface area (Å²) in [4.78, 5) is 15.7. The third-order valence-electron chi connectivity index (χ3n) is 2.32. The number of aromatic nitrogens is 3. The first-order chi connectivity index (χ1) is 9.26. The second kappa shape index (κ2) is 5.60. The molecule has 0 fully saturated rings. The van der Waals surface area contributed by atoms with Crippen LogP contribution in [0, 0.1) is 11.3 Å². The van der Waals surface area contributed by atoms with Gasteiger partial charge in [0, 0.05) is 6.20 Å². The van der Waals surface area contributed by atoms with E-state index in [9.17, 15) is 4.79 Å². The fourth-order valence-electron chi connectivity index (χ4n) is 1.51. The highest BCUT2D eigenvalue weighted by Crippen LogP contribution is 2.18. The van der Waals surface area contributed by atoms with E-state index in [1.165, 1.54) is 17.0 Å². The van der Waals surface area contributed by atoms with Crippen molar-refractivity contribution in [3.05, 3.63) is 48.3 Å². The molecule has 6 nitrogen and oxygen atoms in total. The number of rotatable bonds is 3. The van der Waals surface area contributed by atoms with E-state index in [2.05, 4.69) is 15.4 Å². The molecule has 19 heavy (non-hydrogen) atoms. The lowest BCUT2D eigenvalue weighted by atomic mass is 10.3. The molecule has 2 heterocycles. The number of nitriles is 1. The molecule has 2 aromatic rings. The van der Waals surface area contributed by atoms with Crippen LogP contribution in [0.5, 0.6) is 0 Å². The van der Waals surface area contributed by atoms with E-state index in [1.807, 2.05) is 6.07 Å². The molecule has 0 aliphatic rings. The van der Waals surface area contributed by atoms with Gasteiger partial charge in [-0.15, -0.1) is 0 Å². The predicted octanol–water partition coefficient (Wildman–Crippen LogP) is 1.65. The fourth-order valence-corrected chi connectivity index (χ4v) is 1.51. The Morgan fingerprint density at radius 2 is 2.37 bits per heavy atom. The third kappa shape index (κ3) is 2.66. The number of nitrogens with zero attached hydrogens (tertiary/aromatic N) is 4. The molecule has 2 aromatic heterocycles. The van der Waals surface area contributed by atoms with Gasteiger partial charge >= 0.3 is 0 Å². The smallest absolute Gasteiger partial charge is 0.249 e. The molecule has 0 aliphatic carbocycles. The van der Waals surface area contributed by atoms with Crippen molar-refractivity contribution in [2.75, 3.05) is 5.32 Å². The summed E-state index contributed by atoms with van der Waals surface area (Å²) in [5.41, 5.74) is 0.281. The van der Waals surface area contributed by atoms with Crippen molar-refractivity contribution in [2.24, 2.45) is 0 Å². The molecule has 0 spiro atoms. The van der Waals surface area contributed by atoms with Gasteiger partial charge in [0.15, 0.2) is 11.6 Å². The first kappa shape index (κ1) is 12.5. The van der Waals surface area contributed by atoms with Crippen LogP contribution in [0.2, 0.25) is 0 Å². The number of nitrogens with one attached hydrogen (secondary N) is 1. The lowest BCUT2D eigenvalue weighted by Gasteiger charge is -2.06. The maximum absolute atomic E-state index is 11.6. The van der Waals surface area contributed by atoms with Gasteiger partial charge in [-0.1, -0.05) is 12.1 Å². The number of amides is 1. The van der Waals surface area contributed by atoms with Crippen LogP contribution in [0.25, 0.3) is 5.82 Å². The second-order valence-electron chi connectivity index (χ2n) is 3.61. The SMILES string of the molecule is C/C=C/C(=O)Nc1c(C#N)cnn1-c1ccccn1. The number of carbonyl (C=O) groups excluding carboxylic acids is 1. The molecule has 0 saturated heterocycles. The van der Waals surface area contributed by atoms with Crippen molar-refractivity contribution in [3.8, 4) is 11.9 Å². The highest BCUT2D eigenvalue weighted by atomic mass is 16.1. The van der Waals surface area contributed by atoms with Crippen LogP contribution in [-0.2, 0) is 4.79 Å². The Morgan fingerprint density at radius 1 is 1.53 bits per heavy atom. The standard InChI is InChI=1S/C13H11N5O/c1-2-5-12(19)17-13-10(8-14)9-16-18(13)11-6-3-4-7-15-11/h2-7,9H,1H3,(H,17,19)/b5-2+. The third-order valence-corrected chi connectivity index (χ3v) is 2.32. The molecular formula is C13H11N5O. The van der Waals surface area contributed by atoms with Crippen molar-refractivity contribution in [3.63, 3.8) is 0 Å². The second-order valence-corrected chi connectivity index (χ2v) is 3.61. The lowest BCUT2D eigenvalue weighted by molar-refractivity contribution is -0.111. The van der Waals surface area contributed by atoms with E-state index in [0.717, 1.165) is 0 Å². The van der Waals surface area contributed by atoms with Gasteiger partial charge in [-0.25, -0.2) is 4.98 Å². The molecule has 2 rings (SSSR count). The Hall–Kier alpha value is -2.94. The summed E-state index contributed by atoms with van der Waals surface area (Å²) in [6, 6.07) is 7.29. The van der Waals surface area contributed by atoms with Crippen LogP contribution in [0.15, 0.2) is 42.7 Å². The summed E-state index contributed by atoms with van der Waals surface area (Å²) in [6.45, 7) is 1.74. The summed E-state index contributed by atoms with van der Waals surface area (Å²) < 4.78 is 1.42. The van der Waals surface area contributed by atoms with E-state index in [4.69, 9.17) is 5.26 Å². The van der Waals surface area contributed by atoms with E-state index < -0.39 is 0 Å². The van der Waals surface area contributed by atoms with Gasteiger partial charge < -0.3 is 5.32 Å². The Labute approximate surface area is 110 Å². The number of allylic oxidation sites excluding steroid dienone is 1. The van der Waals surface area contributed by atoms with Crippen LogP contribution in [-0.4, -0.2) is 20.7 Å². The first-order valence-corrected chi connectivity index (χ1v) is 5.59. The molecular weight excluding hydrogens is 242 g/mol. The van der Waals surface area contributed by atoms with Gasteiger partial charge in [0.2, 0.25) is 5.91 Å². The summed E-state index contributed by atoms with van der Waals surface area (Å²) in [6.07, 6.45) is 5.99. The number of pyridine rings is 1. The topological polar surface area (TPSA) is 83.6 Å². The van der Waals surface area contributed by atoms with Crippen LogP contribution in [0.4, 0.5) is 5.82 Å². The molecule has 0 aromatic carbocycles. The van der Waals surface area contributed by atoms with Crippen LogP contribution in [0.1, 0.15) is 12.5 Å². The van der Waals surface area contributed by atoms with E-state index in [-0.39, 0.29) is 11.5 Å². The highest BCUT2D eigenvalue weighted by Gasteiger charge is 2.14. The quantitative estimate of drug-likeness (QED) is 0.843. The van der Waals surface area contributed by atoms with Gasteiger partial charge in [-0.2, -0.15) is 15.0 Å². The van der Waals surface area contributed by atoms with E-state index in [0.29, 0.717) is 11.6 Å². The van der Waals surface area contributed by atoms with Crippen LogP contribution < -0.4 is 5.32 Å². The zero-order valence-electron chi connectivity index (χ0n) is 10.2. The van der Waals surface area contributed by atoms with Crippen molar-refractivity contribution >= 4 is 11.7 Å². The molecule has 94 valence electrons. The summed E-state index contributed by atoms with van der Waals surface area (Å²) >= 11 is 0. The molecule has 0 radical (unpaired) electrons. The van der Waals surface area contributed by atoms with E-state index >= 15 is 0 Å². The van der Waals surface area contributed by atoms with Gasteiger partial charge in [0.05, 0.1) is 6.20 Å². The zero-order chi connectivity index (χ0) is 13.7. The number of anilines is 1. The summed E-state index contributed by atoms with van der Waals surface area (Å²) in [5.74, 6) is 0.515. The monoisotopic (exact) mass is 253 g/mol. The normalized spacial score (nSPS) is 10.3. The van der Waals surface area contributed by atoms with Gasteiger partial charge in [0.1, 0.15) is 11.6 Å². The van der Waals surface area contributed by atoms with Crippen LogP contribution >= 0.6 is 0 Å². The van der Waals surface area contributed by atoms with Gasteiger partial charge in [-0.05, 0) is 25.1 Å². The van der Waals surface area contributed by atoms with Crippen LogP contribution in [0.3, 0.4) is 0 Å². The Bertz CT molecular complexity index is 651. The molecule has 0 unspecified atom stereocenters. The molecule has 0 aliphatic heterocycles. The molecule has 0 saturated carbocycles. The summed E-state index contributed by atoms with van der Waals surface area (Å²) in [7, 11) is 0. The summed E-state index contributed by atoms with van der Waals surface area (Å²) in [5, 5.41) is 15.7. The maximum atomic E-state index is 11.6. The average Bonchev–Trinajstić information content (AvgIpc) is 2.82. The number of carbonyl (C=O) groups is 1. The van der Waals surface area contributed by atoms with E-state index in [1.54, 1.807) is 37.4 Å². The number of hydrogen-bond acceptors (Lipinski definition) is 4. The lowest BCUT2D eigenvalue weighted by Crippen LogP contribution is -2.13. The molecule has 0 bridgehead atoms. The van der Waals surface area contributed by atoms with Crippen molar-refractivity contribution in [1.82, 2.24) is 14.8 Å². The minimum Gasteiger partial charge on any atom is -0.306 e. The number of hydrogen-bond donors (Lipinski definition) is 1. The first-order valence-electron chi connectivity index (χ1n) is 5.59. The Morgan fingerprint density at radius 3 is 3.00 bits per heavy atom. The van der Waals surface area contributed by atoms with Crippen molar-refractivity contribution in [1.29, 1.82) is 5.26 Å². The van der Waals surface area contributed by atoms with Gasteiger partial charge in [-0.3, -0.25) is 4.79 Å². The molecule has 1 N–H and O–H groups in total. The van der Waals surface area contributed by atoms with Crippen molar-refractivity contribution < 1.29 is 4.79 Å². The Balaban J connectivity index is 2.44. The molecule has 1 amide bonds. The minimum atomic E-state index is -0.323. The largest absolute Gasteiger partial charge is 0.306 e. The molecule has 6 heteroatoms.